The van der Waals surface area contributed by atoms with Crippen LogP contribution in [0.15, 0.2) is 127 Å². The summed E-state index contributed by atoms with van der Waals surface area (Å²) in [7, 11) is 1.62. The lowest BCUT2D eigenvalue weighted by atomic mass is 9.88. The Hall–Kier alpha value is -5.15. The van der Waals surface area contributed by atoms with Crippen molar-refractivity contribution in [3.8, 4) is 0 Å². The zero-order valence-corrected chi connectivity index (χ0v) is 23.3. The summed E-state index contributed by atoms with van der Waals surface area (Å²) >= 11 is 0. The predicted molar refractivity (Wildman–Crippen MR) is 173 cm³/mol. The average molecular weight is 532 g/mol. The molecule has 0 fully saturated rings. The van der Waals surface area contributed by atoms with Gasteiger partial charge in [0.2, 0.25) is 0 Å². The third kappa shape index (κ3) is 3.93. The van der Waals surface area contributed by atoms with Gasteiger partial charge in [-0.15, -0.1) is 0 Å². The van der Waals surface area contributed by atoms with E-state index < -0.39 is 0 Å². The molecule has 0 N–H and O–H groups in total. The van der Waals surface area contributed by atoms with Crippen molar-refractivity contribution in [3.05, 3.63) is 133 Å². The lowest BCUT2D eigenvalue weighted by Gasteiger charge is -2.29. The molecule has 0 amide bonds. The number of rotatable bonds is 6. The molecule has 7 aromatic carbocycles. The van der Waals surface area contributed by atoms with Crippen molar-refractivity contribution in [1.29, 1.82) is 0 Å². The molecule has 0 atom stereocenters. The van der Waals surface area contributed by atoms with Gasteiger partial charge in [-0.25, -0.2) is 0 Å². The van der Waals surface area contributed by atoms with E-state index in [9.17, 15) is 4.79 Å². The molecule has 0 saturated heterocycles. The number of para-hydroxylation sites is 1. The third-order valence-corrected chi connectivity index (χ3v) is 8.18. The van der Waals surface area contributed by atoms with Crippen molar-refractivity contribution in [2.24, 2.45) is 0 Å². The Bertz CT molecular complexity index is 2120. The smallest absolute Gasteiger partial charge is 0.163 e. The van der Waals surface area contributed by atoms with Gasteiger partial charge in [-0.2, -0.15) is 0 Å². The number of ketones is 1. The molecule has 0 aliphatic rings. The fourth-order valence-corrected chi connectivity index (χ4v) is 6.32. The zero-order valence-electron chi connectivity index (χ0n) is 23.3. The number of methoxy groups -OCH3 is 1. The minimum atomic E-state index is -0.00807. The summed E-state index contributed by atoms with van der Waals surface area (Å²) in [5.74, 6) is 0.616. The molecule has 3 heteroatoms. The fraction of sp³-hybridized carbons (Fsp3) is 0.0789. The molecule has 0 radical (unpaired) electrons. The van der Waals surface area contributed by atoms with E-state index in [2.05, 4.69) is 120 Å². The van der Waals surface area contributed by atoms with E-state index in [-0.39, 0.29) is 5.78 Å². The van der Waals surface area contributed by atoms with Crippen molar-refractivity contribution in [1.82, 2.24) is 0 Å². The van der Waals surface area contributed by atoms with E-state index in [1.807, 2.05) is 13.0 Å². The van der Waals surface area contributed by atoms with Crippen LogP contribution in [-0.2, 0) is 9.53 Å². The summed E-state index contributed by atoms with van der Waals surface area (Å²) < 4.78 is 5.55. The summed E-state index contributed by atoms with van der Waals surface area (Å²) in [6.07, 6.45) is 0. The number of benzene rings is 7. The highest BCUT2D eigenvalue weighted by molar-refractivity contribution is 6.30. The minimum Gasteiger partial charge on any atom is -0.501 e. The van der Waals surface area contributed by atoms with Crippen molar-refractivity contribution in [2.75, 3.05) is 12.0 Å². The highest BCUT2D eigenvalue weighted by Crippen LogP contribution is 2.46. The summed E-state index contributed by atoms with van der Waals surface area (Å²) in [4.78, 5) is 15.2. The van der Waals surface area contributed by atoms with E-state index in [0.717, 1.165) is 44.2 Å². The predicted octanol–water partition coefficient (Wildman–Crippen LogP) is 10.2. The maximum atomic E-state index is 12.8. The van der Waals surface area contributed by atoms with Crippen LogP contribution in [0.3, 0.4) is 0 Å². The molecular weight excluding hydrogens is 502 g/mol. The zero-order chi connectivity index (χ0) is 28.1. The van der Waals surface area contributed by atoms with Crippen LogP contribution >= 0.6 is 0 Å². The number of nitrogens with zero attached hydrogens (tertiary/aromatic N) is 1. The van der Waals surface area contributed by atoms with E-state index in [1.54, 1.807) is 14.0 Å². The summed E-state index contributed by atoms with van der Waals surface area (Å²) in [6.45, 7) is 3.46. The third-order valence-electron chi connectivity index (χ3n) is 8.18. The van der Waals surface area contributed by atoms with Gasteiger partial charge in [0.15, 0.2) is 5.78 Å². The van der Waals surface area contributed by atoms with Crippen LogP contribution in [-0.4, -0.2) is 12.9 Å². The number of fused-ring (bicyclic) bond motifs is 1. The van der Waals surface area contributed by atoms with Gasteiger partial charge in [-0.05, 0) is 76.0 Å². The quantitative estimate of drug-likeness (QED) is 0.121. The van der Waals surface area contributed by atoms with Crippen LogP contribution in [0.5, 0.6) is 0 Å². The molecule has 7 rings (SSSR count). The maximum absolute atomic E-state index is 12.8. The number of carbonyl (C=O) groups excluding carboxylic acids is 1. The molecule has 0 spiro atoms. The van der Waals surface area contributed by atoms with Gasteiger partial charge in [0.05, 0.1) is 24.1 Å². The first-order valence-electron chi connectivity index (χ1n) is 13.9. The number of Topliss-reactive ketones (excluding diaryl/α,β-unsaturated/α-hetero) is 1. The lowest BCUT2D eigenvalue weighted by molar-refractivity contribution is -0.111. The number of ether oxygens (including phenoxy) is 1. The van der Waals surface area contributed by atoms with Crippen LogP contribution in [0.4, 0.5) is 17.1 Å². The van der Waals surface area contributed by atoms with Crippen molar-refractivity contribution in [3.63, 3.8) is 0 Å². The van der Waals surface area contributed by atoms with Gasteiger partial charge < -0.3 is 9.64 Å². The van der Waals surface area contributed by atoms with Gasteiger partial charge in [0.1, 0.15) is 5.76 Å². The van der Waals surface area contributed by atoms with Gasteiger partial charge in [-0.3, -0.25) is 4.79 Å². The second-order valence-electron chi connectivity index (χ2n) is 10.5. The molecule has 0 aliphatic carbocycles. The van der Waals surface area contributed by atoms with Crippen molar-refractivity contribution in [2.45, 2.75) is 13.8 Å². The van der Waals surface area contributed by atoms with E-state index in [0.29, 0.717) is 11.3 Å². The van der Waals surface area contributed by atoms with E-state index >= 15 is 0 Å². The molecule has 0 aromatic heterocycles. The molecule has 41 heavy (non-hydrogen) atoms. The lowest BCUT2D eigenvalue weighted by Crippen LogP contribution is -2.11. The molecular formula is C38H29NO2. The Kier molecular flexibility index (Phi) is 5.94. The SMILES string of the molecule is CO/C(C)=C(\C(C)=O)c1ccc2ccc3c(N(c4ccccc4)c4cccc5ccccc45)ccc4ccc1c2c43. The minimum absolute atomic E-state index is 0.00807. The highest BCUT2D eigenvalue weighted by atomic mass is 16.5. The fourth-order valence-electron chi connectivity index (χ4n) is 6.32. The second kappa shape index (κ2) is 9.79. The van der Waals surface area contributed by atoms with Crippen LogP contribution < -0.4 is 4.90 Å². The number of hydrogen-bond donors (Lipinski definition) is 0. The molecule has 0 unspecified atom stereocenters. The first-order chi connectivity index (χ1) is 20.1. The largest absolute Gasteiger partial charge is 0.501 e. The molecule has 3 nitrogen and oxygen atoms in total. The summed E-state index contributed by atoms with van der Waals surface area (Å²) in [6, 6.07) is 42.9. The first-order valence-corrected chi connectivity index (χ1v) is 13.9. The Morgan fingerprint density at radius 3 is 1.93 bits per heavy atom. The molecule has 0 aliphatic heterocycles. The van der Waals surface area contributed by atoms with Crippen LogP contribution in [0.1, 0.15) is 19.4 Å². The first kappa shape index (κ1) is 24.9. The second-order valence-corrected chi connectivity index (χ2v) is 10.5. The highest BCUT2D eigenvalue weighted by Gasteiger charge is 2.22. The van der Waals surface area contributed by atoms with Crippen molar-refractivity contribution >= 4 is 71.5 Å². The summed E-state index contributed by atoms with van der Waals surface area (Å²) in [5.41, 5.74) is 4.85. The van der Waals surface area contributed by atoms with Gasteiger partial charge in [0.25, 0.3) is 0 Å². The Morgan fingerprint density at radius 2 is 1.17 bits per heavy atom. The molecule has 7 aromatic rings. The Morgan fingerprint density at radius 1 is 0.561 bits per heavy atom. The molecule has 0 saturated carbocycles. The van der Waals surface area contributed by atoms with E-state index in [1.165, 1.54) is 21.5 Å². The molecule has 0 bridgehead atoms. The number of hydrogen-bond acceptors (Lipinski definition) is 3. The number of allylic oxidation sites excluding steroid dienone is 2. The average Bonchev–Trinajstić information content (AvgIpc) is 3.01. The van der Waals surface area contributed by atoms with Gasteiger partial charge in [0, 0.05) is 16.5 Å². The standard InChI is InChI=1S/C38H29NO2/c1-24(40)36(25(2)41-3)31-20-16-27-18-22-33-35(23-19-28-17-21-32(31)37(27)38(28)33)39(29-12-5-4-6-13-29)34-15-9-11-26-10-7-8-14-30(26)34/h4-23H,1-3H3/b36-25+. The van der Waals surface area contributed by atoms with Crippen LogP contribution in [0.25, 0.3) is 48.7 Å². The summed E-state index contributed by atoms with van der Waals surface area (Å²) in [5, 5.41) is 9.27. The molecule has 198 valence electrons. The number of carbonyl (C=O) groups is 1. The van der Waals surface area contributed by atoms with Crippen LogP contribution in [0, 0.1) is 0 Å². The van der Waals surface area contributed by atoms with E-state index in [4.69, 9.17) is 4.74 Å². The monoisotopic (exact) mass is 531 g/mol. The topological polar surface area (TPSA) is 29.5 Å². The number of anilines is 3. The maximum Gasteiger partial charge on any atom is 0.163 e. The molecule has 0 heterocycles. The van der Waals surface area contributed by atoms with Crippen molar-refractivity contribution < 1.29 is 9.53 Å². The normalized spacial score (nSPS) is 12.3. The van der Waals surface area contributed by atoms with Crippen LogP contribution in [0.2, 0.25) is 0 Å². The Labute approximate surface area is 239 Å². The van der Waals surface area contributed by atoms with Gasteiger partial charge in [-0.1, -0.05) is 97.1 Å². The van der Waals surface area contributed by atoms with Gasteiger partial charge >= 0.3 is 0 Å². The Balaban J connectivity index is 1.58.